The summed E-state index contributed by atoms with van der Waals surface area (Å²) in [5.74, 6) is 1.35. The normalized spacial score (nSPS) is 19.4. The Morgan fingerprint density at radius 1 is 1.00 bits per heavy atom. The van der Waals surface area contributed by atoms with Crippen LogP contribution in [0.15, 0.2) is 17.7 Å². The Bertz CT molecular complexity index is 654. The molecule has 29 heavy (non-hydrogen) atoms. The fourth-order valence-corrected chi connectivity index (χ4v) is 4.87. The lowest BCUT2D eigenvalue weighted by molar-refractivity contribution is 0.251. The highest BCUT2D eigenvalue weighted by atomic mass is 16.3. The van der Waals surface area contributed by atoms with Gasteiger partial charge in [-0.3, -0.25) is 0 Å². The average molecular weight is 403 g/mol. The highest BCUT2D eigenvalue weighted by molar-refractivity contribution is 5.78. The number of allylic oxidation sites excluding steroid dienone is 1. The third-order valence-corrected chi connectivity index (χ3v) is 6.65. The monoisotopic (exact) mass is 402 g/mol. The van der Waals surface area contributed by atoms with Crippen molar-refractivity contribution in [2.24, 2.45) is 11.8 Å². The molecule has 0 saturated heterocycles. The molecule has 2 rings (SSSR count). The summed E-state index contributed by atoms with van der Waals surface area (Å²) in [7, 11) is 0. The molecule has 0 amide bonds. The van der Waals surface area contributed by atoms with E-state index in [0.717, 1.165) is 49.7 Å². The first-order chi connectivity index (χ1) is 13.9. The average Bonchev–Trinajstić information content (AvgIpc) is 2.69. The Hall–Kier alpha value is -1.48. The Morgan fingerprint density at radius 3 is 2.28 bits per heavy atom. The minimum absolute atomic E-state index is 0.0578. The van der Waals surface area contributed by atoms with Crippen LogP contribution < -0.4 is 0 Å². The molecule has 1 aromatic rings. The predicted molar refractivity (Wildman–Crippen MR) is 122 cm³/mol. The van der Waals surface area contributed by atoms with Crippen LogP contribution in [0, 0.1) is 11.8 Å². The molecule has 3 heteroatoms. The van der Waals surface area contributed by atoms with Gasteiger partial charge in [0.15, 0.2) is 0 Å². The lowest BCUT2D eigenvalue weighted by Crippen LogP contribution is -2.15. The molecule has 0 saturated carbocycles. The molecule has 1 aliphatic rings. The number of rotatable bonds is 11. The van der Waals surface area contributed by atoms with E-state index in [1.54, 1.807) is 0 Å². The molecule has 0 bridgehead atoms. The van der Waals surface area contributed by atoms with Crippen molar-refractivity contribution >= 4 is 5.57 Å². The van der Waals surface area contributed by atoms with Crippen molar-refractivity contribution in [3.63, 3.8) is 0 Å². The number of phenolic OH excluding ortho intramolecular Hbond substituents is 2. The van der Waals surface area contributed by atoms with Gasteiger partial charge in [-0.1, -0.05) is 65.4 Å². The highest BCUT2D eigenvalue weighted by Crippen LogP contribution is 2.46. The summed E-state index contributed by atoms with van der Waals surface area (Å²) in [6, 6.07) is 3.78. The van der Waals surface area contributed by atoms with E-state index in [1.165, 1.54) is 31.3 Å². The topological polar surface area (TPSA) is 60.7 Å². The third kappa shape index (κ3) is 6.25. The van der Waals surface area contributed by atoms with Crippen molar-refractivity contribution in [3.8, 4) is 11.5 Å². The van der Waals surface area contributed by atoms with E-state index in [9.17, 15) is 15.3 Å². The van der Waals surface area contributed by atoms with Gasteiger partial charge in [-0.2, -0.15) is 0 Å². The van der Waals surface area contributed by atoms with Gasteiger partial charge in [0.25, 0.3) is 0 Å². The van der Waals surface area contributed by atoms with Crippen LogP contribution in [0.5, 0.6) is 11.5 Å². The molecule has 164 valence electrons. The standard InChI is InChI=1S/C26H42O3/c1-5-7-8-9-11-20(10-6-2)21-15-24(28)26(25(29)16-21)23-14-18(3)12-13-22(23)19(4)17-27/h15-16,18-20,27-29H,5-14,17H2,1-4H3. The molecule has 3 atom stereocenters. The maximum absolute atomic E-state index is 11.0. The molecule has 0 radical (unpaired) electrons. The van der Waals surface area contributed by atoms with Crippen LogP contribution in [0.1, 0.15) is 109 Å². The second kappa shape index (κ2) is 11.6. The second-order valence-electron chi connectivity index (χ2n) is 9.20. The lowest BCUT2D eigenvalue weighted by Gasteiger charge is -2.29. The van der Waals surface area contributed by atoms with E-state index in [1.807, 2.05) is 19.1 Å². The predicted octanol–water partition coefficient (Wildman–Crippen LogP) is 7.15. The number of phenols is 2. The number of aliphatic hydroxyl groups is 1. The number of aliphatic hydroxyl groups excluding tert-OH is 1. The summed E-state index contributed by atoms with van der Waals surface area (Å²) >= 11 is 0. The fourth-order valence-electron chi connectivity index (χ4n) is 4.87. The van der Waals surface area contributed by atoms with Gasteiger partial charge in [-0.05, 0) is 67.2 Å². The molecule has 0 spiro atoms. The smallest absolute Gasteiger partial charge is 0.127 e. The van der Waals surface area contributed by atoms with Crippen LogP contribution in [0.3, 0.4) is 0 Å². The number of hydrogen-bond acceptors (Lipinski definition) is 3. The molecule has 1 aliphatic carbocycles. The summed E-state index contributed by atoms with van der Waals surface area (Å²) in [5.41, 5.74) is 3.88. The van der Waals surface area contributed by atoms with Gasteiger partial charge < -0.3 is 15.3 Å². The molecule has 3 unspecified atom stereocenters. The van der Waals surface area contributed by atoms with Crippen LogP contribution in [0.4, 0.5) is 0 Å². The van der Waals surface area contributed by atoms with E-state index in [0.29, 0.717) is 17.4 Å². The molecule has 3 N–H and O–H groups in total. The first kappa shape index (κ1) is 23.8. The summed E-state index contributed by atoms with van der Waals surface area (Å²) in [6.45, 7) is 8.77. The zero-order valence-electron chi connectivity index (χ0n) is 19.0. The first-order valence-corrected chi connectivity index (χ1v) is 11.8. The maximum atomic E-state index is 11.0. The minimum atomic E-state index is 0.0578. The molecule has 0 heterocycles. The van der Waals surface area contributed by atoms with Gasteiger partial charge in [0.05, 0.1) is 5.56 Å². The maximum Gasteiger partial charge on any atom is 0.127 e. The SMILES string of the molecule is CCCCCCC(CCC)c1cc(O)c(C2=C(C(C)CO)CCC(C)C2)c(O)c1. The van der Waals surface area contributed by atoms with E-state index in [-0.39, 0.29) is 24.0 Å². The molecule has 0 aliphatic heterocycles. The summed E-state index contributed by atoms with van der Waals surface area (Å²) < 4.78 is 0. The third-order valence-electron chi connectivity index (χ3n) is 6.65. The van der Waals surface area contributed by atoms with Gasteiger partial charge in [-0.15, -0.1) is 0 Å². The quantitative estimate of drug-likeness (QED) is 0.344. The lowest BCUT2D eigenvalue weighted by atomic mass is 9.77. The van der Waals surface area contributed by atoms with Crippen LogP contribution in [-0.2, 0) is 0 Å². The Morgan fingerprint density at radius 2 is 1.69 bits per heavy atom. The first-order valence-electron chi connectivity index (χ1n) is 11.8. The van der Waals surface area contributed by atoms with Gasteiger partial charge in [0.1, 0.15) is 11.5 Å². The van der Waals surface area contributed by atoms with Crippen molar-refractivity contribution in [1.29, 1.82) is 0 Å². The summed E-state index contributed by atoms with van der Waals surface area (Å²) in [6.07, 6.45) is 11.1. The van der Waals surface area contributed by atoms with Crippen molar-refractivity contribution in [2.75, 3.05) is 6.61 Å². The molecular weight excluding hydrogens is 360 g/mol. The highest BCUT2D eigenvalue weighted by Gasteiger charge is 2.27. The fraction of sp³-hybridized carbons (Fsp3) is 0.692. The van der Waals surface area contributed by atoms with Crippen molar-refractivity contribution in [1.82, 2.24) is 0 Å². The molecular formula is C26H42O3. The van der Waals surface area contributed by atoms with E-state index in [4.69, 9.17) is 0 Å². The Balaban J connectivity index is 2.37. The van der Waals surface area contributed by atoms with E-state index in [2.05, 4.69) is 20.8 Å². The van der Waals surface area contributed by atoms with Crippen molar-refractivity contribution in [3.05, 3.63) is 28.8 Å². The van der Waals surface area contributed by atoms with Gasteiger partial charge >= 0.3 is 0 Å². The summed E-state index contributed by atoms with van der Waals surface area (Å²) in [5, 5.41) is 31.6. The molecule has 1 aromatic carbocycles. The van der Waals surface area contributed by atoms with Crippen LogP contribution >= 0.6 is 0 Å². The van der Waals surface area contributed by atoms with Gasteiger partial charge in [0.2, 0.25) is 0 Å². The van der Waals surface area contributed by atoms with E-state index < -0.39 is 0 Å². The Kier molecular flexibility index (Phi) is 9.55. The summed E-state index contributed by atoms with van der Waals surface area (Å²) in [4.78, 5) is 0. The minimum Gasteiger partial charge on any atom is -0.507 e. The Labute approximate surface area is 177 Å². The molecule has 0 fully saturated rings. The van der Waals surface area contributed by atoms with Crippen molar-refractivity contribution < 1.29 is 15.3 Å². The number of unbranched alkanes of at least 4 members (excludes halogenated alkanes) is 3. The number of benzene rings is 1. The van der Waals surface area contributed by atoms with Crippen molar-refractivity contribution in [2.45, 2.75) is 97.8 Å². The second-order valence-corrected chi connectivity index (χ2v) is 9.20. The van der Waals surface area contributed by atoms with E-state index >= 15 is 0 Å². The van der Waals surface area contributed by atoms with Crippen LogP contribution in [0.25, 0.3) is 5.57 Å². The molecule has 0 aromatic heterocycles. The zero-order chi connectivity index (χ0) is 21.4. The molecule has 3 nitrogen and oxygen atoms in total. The van der Waals surface area contributed by atoms with Crippen LogP contribution in [-0.4, -0.2) is 21.9 Å². The number of hydrogen-bond donors (Lipinski definition) is 3. The number of aromatic hydroxyl groups is 2. The zero-order valence-corrected chi connectivity index (χ0v) is 19.0. The van der Waals surface area contributed by atoms with Gasteiger partial charge in [-0.25, -0.2) is 0 Å². The van der Waals surface area contributed by atoms with Gasteiger partial charge in [0, 0.05) is 12.5 Å². The van der Waals surface area contributed by atoms with Crippen LogP contribution in [0.2, 0.25) is 0 Å². The largest absolute Gasteiger partial charge is 0.507 e.